The smallest absolute Gasteiger partial charge is 0.207 e. The summed E-state index contributed by atoms with van der Waals surface area (Å²) in [5.41, 5.74) is 0. The summed E-state index contributed by atoms with van der Waals surface area (Å²) in [5, 5.41) is 0. The van der Waals surface area contributed by atoms with Crippen LogP contribution in [0.5, 0.6) is 0 Å². The Morgan fingerprint density at radius 3 is 1.83 bits per heavy atom. The predicted octanol–water partition coefficient (Wildman–Crippen LogP) is 0.447. The van der Waals surface area contributed by atoms with Gasteiger partial charge < -0.3 is 0 Å². The maximum Gasteiger partial charge on any atom is 0.244 e. The molecule has 3 heteroatoms. The summed E-state index contributed by atoms with van der Waals surface area (Å²) in [7, 11) is 1.56. The van der Waals surface area contributed by atoms with Crippen LogP contribution in [0.15, 0.2) is 0 Å². The highest BCUT2D eigenvalue weighted by atomic mass is 19.3. The lowest BCUT2D eigenvalue weighted by atomic mass is 10.0. The summed E-state index contributed by atoms with van der Waals surface area (Å²) in [4.78, 5) is 0. The van der Waals surface area contributed by atoms with Crippen LogP contribution in [0, 0.1) is 0 Å². The third-order valence-electron chi connectivity index (χ3n) is 1.14. The molecule has 1 fully saturated rings. The molecule has 0 aliphatic heterocycles. The first kappa shape index (κ1) is 4.09. The van der Waals surface area contributed by atoms with E-state index in [0.29, 0.717) is 0 Å². The van der Waals surface area contributed by atoms with Gasteiger partial charge in [-0.25, -0.2) is 8.78 Å². The Labute approximate surface area is 35.9 Å². The van der Waals surface area contributed by atoms with Crippen LogP contribution >= 0.6 is 0 Å². The normalized spacial score (nSPS) is 39.3. The van der Waals surface area contributed by atoms with E-state index in [2.05, 4.69) is 0 Å². The lowest BCUT2D eigenvalue weighted by Crippen LogP contribution is -1.86. The number of alkyl halides is 2. The Kier molecular flexibility index (Phi) is 0.526. The lowest BCUT2D eigenvalue weighted by Gasteiger charge is -1.82. The van der Waals surface area contributed by atoms with Gasteiger partial charge in [-0.15, -0.1) is 0 Å². The maximum atomic E-state index is 11.5. The second-order valence-corrected chi connectivity index (χ2v) is 1.87. The van der Waals surface area contributed by atoms with Gasteiger partial charge in [-0.05, 0) is 5.82 Å². The molecule has 0 nitrogen and oxygen atoms in total. The zero-order chi connectivity index (χ0) is 4.78. The fourth-order valence-electron chi connectivity index (χ4n) is 0.349. The largest absolute Gasteiger partial charge is 0.244 e. The molecule has 0 radical (unpaired) electrons. The van der Waals surface area contributed by atoms with Gasteiger partial charge in [0.05, 0.1) is 0 Å². The summed E-state index contributed by atoms with van der Waals surface area (Å²) >= 11 is 0. The van der Waals surface area contributed by atoms with Gasteiger partial charge in [-0.3, -0.25) is 0 Å². The molecule has 0 N–H and O–H groups in total. The first-order valence-corrected chi connectivity index (χ1v) is 2.01. The first-order chi connectivity index (χ1) is 2.63. The standard InChI is InChI=1S/C3H5BF2/c4-2-1-3(2,5)6/h2H,1,4H2. The molecule has 0 bridgehead atoms. The van der Waals surface area contributed by atoms with Crippen molar-refractivity contribution in [1.82, 2.24) is 0 Å². The van der Waals surface area contributed by atoms with Crippen molar-refractivity contribution < 1.29 is 8.78 Å². The number of halogens is 2. The second kappa shape index (κ2) is 0.770. The van der Waals surface area contributed by atoms with Gasteiger partial charge in [-0.1, -0.05) is 0 Å². The Bertz CT molecular complexity index is 71.2. The third kappa shape index (κ3) is 0.422. The van der Waals surface area contributed by atoms with Crippen LogP contribution in [0.3, 0.4) is 0 Å². The zero-order valence-electron chi connectivity index (χ0n) is 3.54. The second-order valence-electron chi connectivity index (χ2n) is 1.87. The Hall–Kier alpha value is -0.0751. The van der Waals surface area contributed by atoms with E-state index in [1.165, 1.54) is 0 Å². The maximum absolute atomic E-state index is 11.5. The van der Waals surface area contributed by atoms with Gasteiger partial charge in [0.1, 0.15) is 7.85 Å². The van der Waals surface area contributed by atoms with Crippen molar-refractivity contribution in [2.24, 2.45) is 0 Å². The van der Waals surface area contributed by atoms with Crippen molar-refractivity contribution in [2.45, 2.75) is 18.2 Å². The molecule has 0 aromatic heterocycles. The number of hydrogen-bond donors (Lipinski definition) is 0. The molecule has 1 aliphatic carbocycles. The van der Waals surface area contributed by atoms with E-state index in [4.69, 9.17) is 0 Å². The van der Waals surface area contributed by atoms with Crippen molar-refractivity contribution >= 4 is 7.85 Å². The monoisotopic (exact) mass is 90.0 g/mol. The predicted molar refractivity (Wildman–Crippen MR) is 21.9 cm³/mol. The van der Waals surface area contributed by atoms with Gasteiger partial charge >= 0.3 is 0 Å². The van der Waals surface area contributed by atoms with E-state index < -0.39 is 5.92 Å². The van der Waals surface area contributed by atoms with Crippen LogP contribution < -0.4 is 0 Å². The van der Waals surface area contributed by atoms with Crippen LogP contribution in [0.2, 0.25) is 5.82 Å². The van der Waals surface area contributed by atoms with Crippen LogP contribution in [0.4, 0.5) is 8.78 Å². The molecule has 0 amide bonds. The van der Waals surface area contributed by atoms with Gasteiger partial charge in [0, 0.05) is 6.42 Å². The molecule has 1 aliphatic rings. The third-order valence-corrected chi connectivity index (χ3v) is 1.14. The quantitative estimate of drug-likeness (QED) is 0.378. The molecule has 0 heterocycles. The molecule has 0 saturated heterocycles. The fraction of sp³-hybridized carbons (Fsp3) is 1.00. The highest BCUT2D eigenvalue weighted by molar-refractivity contribution is 6.14. The molecule has 0 aromatic carbocycles. The molecule has 0 spiro atoms. The van der Waals surface area contributed by atoms with E-state index in [1.54, 1.807) is 7.85 Å². The molecule has 1 atom stereocenters. The Balaban J connectivity index is 2.41. The molecule has 1 rings (SSSR count). The van der Waals surface area contributed by atoms with Crippen molar-refractivity contribution in [3.8, 4) is 0 Å². The van der Waals surface area contributed by atoms with Crippen LogP contribution in [0.1, 0.15) is 6.42 Å². The SMILES string of the molecule is BC1CC1(F)F. The van der Waals surface area contributed by atoms with Gasteiger partial charge in [-0.2, -0.15) is 0 Å². The van der Waals surface area contributed by atoms with Crippen molar-refractivity contribution in [2.75, 3.05) is 0 Å². The minimum atomic E-state index is -2.29. The topological polar surface area (TPSA) is 0 Å². The van der Waals surface area contributed by atoms with E-state index in [9.17, 15) is 8.78 Å². The number of rotatable bonds is 0. The van der Waals surface area contributed by atoms with Gasteiger partial charge in [0.25, 0.3) is 0 Å². The summed E-state index contributed by atoms with van der Waals surface area (Å²) < 4.78 is 23.1. The minimum Gasteiger partial charge on any atom is -0.207 e. The summed E-state index contributed by atoms with van der Waals surface area (Å²) in [6, 6.07) is 0. The lowest BCUT2D eigenvalue weighted by molar-refractivity contribution is 0.120. The van der Waals surface area contributed by atoms with Gasteiger partial charge in [0.15, 0.2) is 0 Å². The van der Waals surface area contributed by atoms with Crippen molar-refractivity contribution in [3.05, 3.63) is 0 Å². The zero-order valence-corrected chi connectivity index (χ0v) is 3.54. The molecular formula is C3H5BF2. The Morgan fingerprint density at radius 2 is 1.83 bits per heavy atom. The highest BCUT2D eigenvalue weighted by Gasteiger charge is 2.52. The fourth-order valence-corrected chi connectivity index (χ4v) is 0.349. The summed E-state index contributed by atoms with van der Waals surface area (Å²) in [5.74, 6) is -2.63. The Morgan fingerprint density at radius 1 is 1.67 bits per heavy atom. The van der Waals surface area contributed by atoms with Crippen LogP contribution in [-0.2, 0) is 0 Å². The average Bonchev–Trinajstić information content (AvgIpc) is 1.73. The highest BCUT2D eigenvalue weighted by Crippen LogP contribution is 2.51. The minimum absolute atomic E-state index is 0.104. The molecule has 34 valence electrons. The van der Waals surface area contributed by atoms with Gasteiger partial charge in [0.2, 0.25) is 5.92 Å². The van der Waals surface area contributed by atoms with E-state index in [1.807, 2.05) is 0 Å². The first-order valence-electron chi connectivity index (χ1n) is 2.01. The molecule has 1 saturated carbocycles. The van der Waals surface area contributed by atoms with Crippen molar-refractivity contribution in [3.63, 3.8) is 0 Å². The summed E-state index contributed by atoms with van der Waals surface area (Å²) in [6.45, 7) is 0. The van der Waals surface area contributed by atoms with Crippen molar-refractivity contribution in [1.29, 1.82) is 0 Å². The van der Waals surface area contributed by atoms with Crippen LogP contribution in [-0.4, -0.2) is 13.8 Å². The number of hydrogen-bond acceptors (Lipinski definition) is 0. The van der Waals surface area contributed by atoms with Crippen LogP contribution in [0.25, 0.3) is 0 Å². The summed E-state index contributed by atoms with van der Waals surface area (Å²) in [6.07, 6.45) is 0.104. The molecular weight excluding hydrogens is 84.8 g/mol. The van der Waals surface area contributed by atoms with E-state index in [0.717, 1.165) is 0 Å². The average molecular weight is 89.9 g/mol. The van der Waals surface area contributed by atoms with E-state index in [-0.39, 0.29) is 12.2 Å². The molecule has 0 aromatic rings. The molecule has 1 unspecified atom stereocenters. The van der Waals surface area contributed by atoms with E-state index >= 15 is 0 Å². The molecule has 6 heavy (non-hydrogen) atoms.